The van der Waals surface area contributed by atoms with Gasteiger partial charge in [-0.05, 0) is 32.4 Å². The molecular formula is C13H18Cl2N2O2. The first-order valence-corrected chi connectivity index (χ1v) is 6.62. The Hall–Kier alpha value is -0.970. The predicted molar refractivity (Wildman–Crippen MR) is 77.6 cm³/mol. The maximum Gasteiger partial charge on any atom is 0.407 e. The number of rotatable bonds is 3. The van der Waals surface area contributed by atoms with Crippen molar-refractivity contribution in [2.75, 3.05) is 6.54 Å². The van der Waals surface area contributed by atoms with Crippen molar-refractivity contribution in [1.82, 2.24) is 5.32 Å². The van der Waals surface area contributed by atoms with Gasteiger partial charge < -0.3 is 15.8 Å². The van der Waals surface area contributed by atoms with E-state index in [4.69, 9.17) is 33.7 Å². The first-order valence-electron chi connectivity index (χ1n) is 5.87. The van der Waals surface area contributed by atoms with Crippen LogP contribution in [0.1, 0.15) is 32.4 Å². The standard InChI is InChI=1S/C13H18Cl2N2O2/c1-13(2,3)19-12(18)17-7-10(16)8-5-4-6-9(14)11(8)15/h4-6,10H,7,16H2,1-3H3,(H,17,18). The number of hydrogen-bond donors (Lipinski definition) is 2. The topological polar surface area (TPSA) is 64.3 Å². The van der Waals surface area contributed by atoms with Crippen molar-refractivity contribution in [1.29, 1.82) is 0 Å². The Morgan fingerprint density at radius 3 is 2.63 bits per heavy atom. The number of hydrogen-bond acceptors (Lipinski definition) is 3. The average Bonchev–Trinajstić information content (AvgIpc) is 2.27. The summed E-state index contributed by atoms with van der Waals surface area (Å²) in [6.45, 7) is 5.59. The van der Waals surface area contributed by atoms with Crippen LogP contribution in [0.25, 0.3) is 0 Å². The van der Waals surface area contributed by atoms with Crippen molar-refractivity contribution >= 4 is 29.3 Å². The van der Waals surface area contributed by atoms with Crippen LogP contribution in [0.4, 0.5) is 4.79 Å². The van der Waals surface area contributed by atoms with Crippen LogP contribution in [-0.2, 0) is 4.74 Å². The van der Waals surface area contributed by atoms with E-state index in [1.807, 2.05) is 0 Å². The van der Waals surface area contributed by atoms with Crippen LogP contribution in [-0.4, -0.2) is 18.2 Å². The van der Waals surface area contributed by atoms with Crippen molar-refractivity contribution in [3.05, 3.63) is 33.8 Å². The van der Waals surface area contributed by atoms with Crippen molar-refractivity contribution in [2.24, 2.45) is 5.73 Å². The molecule has 1 rings (SSSR count). The Morgan fingerprint density at radius 1 is 1.42 bits per heavy atom. The molecule has 6 heteroatoms. The molecule has 106 valence electrons. The van der Waals surface area contributed by atoms with E-state index in [0.717, 1.165) is 0 Å². The van der Waals surface area contributed by atoms with E-state index in [1.165, 1.54) is 0 Å². The van der Waals surface area contributed by atoms with Gasteiger partial charge in [-0.25, -0.2) is 4.79 Å². The summed E-state index contributed by atoms with van der Waals surface area (Å²) in [5.74, 6) is 0. The summed E-state index contributed by atoms with van der Waals surface area (Å²) in [5, 5.41) is 3.44. The number of amides is 1. The van der Waals surface area contributed by atoms with Gasteiger partial charge in [0.2, 0.25) is 0 Å². The van der Waals surface area contributed by atoms with E-state index in [2.05, 4.69) is 5.32 Å². The number of carbonyl (C=O) groups excluding carboxylic acids is 1. The summed E-state index contributed by atoms with van der Waals surface area (Å²) in [5.41, 5.74) is 6.11. The zero-order valence-corrected chi connectivity index (χ0v) is 12.7. The van der Waals surface area contributed by atoms with Gasteiger partial charge in [0.25, 0.3) is 0 Å². The van der Waals surface area contributed by atoms with Crippen LogP contribution in [0.15, 0.2) is 18.2 Å². The Balaban J connectivity index is 2.59. The molecule has 3 N–H and O–H groups in total. The molecule has 0 saturated heterocycles. The lowest BCUT2D eigenvalue weighted by atomic mass is 10.1. The summed E-state index contributed by atoms with van der Waals surface area (Å²) in [4.78, 5) is 11.5. The van der Waals surface area contributed by atoms with Gasteiger partial charge in [-0.15, -0.1) is 0 Å². The lowest BCUT2D eigenvalue weighted by molar-refractivity contribution is 0.0524. The first kappa shape index (κ1) is 16.1. The Labute approximate surface area is 123 Å². The van der Waals surface area contributed by atoms with Crippen LogP contribution in [0.2, 0.25) is 10.0 Å². The summed E-state index contributed by atoms with van der Waals surface area (Å²) in [6.07, 6.45) is -0.513. The van der Waals surface area contributed by atoms with Crippen molar-refractivity contribution in [3.63, 3.8) is 0 Å². The molecule has 19 heavy (non-hydrogen) atoms. The minimum Gasteiger partial charge on any atom is -0.444 e. The van der Waals surface area contributed by atoms with E-state index in [9.17, 15) is 4.79 Å². The molecule has 0 heterocycles. The third-order valence-corrected chi connectivity index (χ3v) is 3.08. The number of nitrogens with two attached hydrogens (primary N) is 1. The number of carbonyl (C=O) groups is 1. The normalized spacial score (nSPS) is 12.9. The summed E-state index contributed by atoms with van der Waals surface area (Å²) < 4.78 is 5.11. The van der Waals surface area contributed by atoms with Gasteiger partial charge in [-0.2, -0.15) is 0 Å². The zero-order valence-electron chi connectivity index (χ0n) is 11.2. The molecule has 0 aliphatic heterocycles. The number of alkyl carbamates (subject to hydrolysis) is 1. The smallest absolute Gasteiger partial charge is 0.407 e. The number of ether oxygens (including phenoxy) is 1. The van der Waals surface area contributed by atoms with Crippen LogP contribution >= 0.6 is 23.2 Å². The SMILES string of the molecule is CC(C)(C)OC(=O)NCC(N)c1cccc(Cl)c1Cl. The molecule has 0 radical (unpaired) electrons. The van der Waals surface area contributed by atoms with Crippen LogP contribution in [0.3, 0.4) is 0 Å². The van der Waals surface area contributed by atoms with Gasteiger partial charge in [-0.1, -0.05) is 35.3 Å². The Kier molecular flexibility index (Phi) is 5.47. The number of nitrogens with one attached hydrogen (secondary N) is 1. The highest BCUT2D eigenvalue weighted by atomic mass is 35.5. The van der Waals surface area contributed by atoms with Crippen molar-refractivity contribution in [3.8, 4) is 0 Å². The Morgan fingerprint density at radius 2 is 2.05 bits per heavy atom. The fraction of sp³-hybridized carbons (Fsp3) is 0.462. The highest BCUT2D eigenvalue weighted by molar-refractivity contribution is 6.42. The molecule has 0 aliphatic rings. The molecule has 1 atom stereocenters. The van der Waals surface area contributed by atoms with Crippen LogP contribution in [0, 0.1) is 0 Å². The van der Waals surface area contributed by atoms with E-state index in [-0.39, 0.29) is 6.54 Å². The van der Waals surface area contributed by atoms with E-state index >= 15 is 0 Å². The van der Waals surface area contributed by atoms with Gasteiger partial charge in [0.1, 0.15) is 5.60 Å². The zero-order chi connectivity index (χ0) is 14.6. The summed E-state index contributed by atoms with van der Waals surface area (Å²) in [7, 11) is 0. The van der Waals surface area contributed by atoms with E-state index in [0.29, 0.717) is 15.6 Å². The maximum atomic E-state index is 11.5. The highest BCUT2D eigenvalue weighted by Crippen LogP contribution is 2.28. The predicted octanol–water partition coefficient (Wildman–Crippen LogP) is 3.52. The molecule has 0 aromatic heterocycles. The fourth-order valence-electron chi connectivity index (χ4n) is 1.42. The van der Waals surface area contributed by atoms with Gasteiger partial charge in [0.15, 0.2) is 0 Å². The highest BCUT2D eigenvalue weighted by Gasteiger charge is 2.18. The lowest BCUT2D eigenvalue weighted by Gasteiger charge is -2.21. The number of benzene rings is 1. The van der Waals surface area contributed by atoms with Crippen LogP contribution in [0.5, 0.6) is 0 Å². The molecule has 0 fully saturated rings. The average molecular weight is 305 g/mol. The first-order chi connectivity index (χ1) is 8.70. The molecule has 1 amide bonds. The molecule has 0 bridgehead atoms. The van der Waals surface area contributed by atoms with Crippen LogP contribution < -0.4 is 11.1 Å². The quantitative estimate of drug-likeness (QED) is 0.898. The van der Waals surface area contributed by atoms with Crippen molar-refractivity contribution < 1.29 is 9.53 Å². The third kappa shape index (κ3) is 5.27. The molecule has 1 aromatic carbocycles. The second-order valence-corrected chi connectivity index (χ2v) is 5.92. The summed E-state index contributed by atoms with van der Waals surface area (Å²) in [6, 6.07) is 4.77. The second kappa shape index (κ2) is 6.46. The van der Waals surface area contributed by atoms with E-state index in [1.54, 1.807) is 39.0 Å². The maximum absolute atomic E-state index is 11.5. The van der Waals surface area contributed by atoms with Gasteiger partial charge in [0, 0.05) is 12.6 Å². The van der Waals surface area contributed by atoms with Gasteiger partial charge in [-0.3, -0.25) is 0 Å². The van der Waals surface area contributed by atoms with Crippen molar-refractivity contribution in [2.45, 2.75) is 32.4 Å². The Bertz CT molecular complexity index is 458. The monoisotopic (exact) mass is 304 g/mol. The molecular weight excluding hydrogens is 287 g/mol. The molecule has 4 nitrogen and oxygen atoms in total. The third-order valence-electron chi connectivity index (χ3n) is 2.25. The lowest BCUT2D eigenvalue weighted by Crippen LogP contribution is -2.36. The van der Waals surface area contributed by atoms with Gasteiger partial charge in [0.05, 0.1) is 10.0 Å². The molecule has 1 aromatic rings. The fourth-order valence-corrected chi connectivity index (χ4v) is 1.87. The molecule has 0 aliphatic carbocycles. The van der Waals surface area contributed by atoms with E-state index < -0.39 is 17.7 Å². The minimum absolute atomic E-state index is 0.217. The molecule has 1 unspecified atom stereocenters. The molecule has 0 saturated carbocycles. The second-order valence-electron chi connectivity index (χ2n) is 5.13. The van der Waals surface area contributed by atoms with Gasteiger partial charge >= 0.3 is 6.09 Å². The summed E-state index contributed by atoms with van der Waals surface area (Å²) >= 11 is 12.0. The molecule has 0 spiro atoms. The number of halogens is 2. The largest absolute Gasteiger partial charge is 0.444 e. The minimum atomic E-state index is -0.540.